The van der Waals surface area contributed by atoms with Gasteiger partial charge in [0.2, 0.25) is 0 Å². The maximum Gasteiger partial charge on any atom is 0.0768 e. The fraction of sp³-hybridized carbons (Fsp3) is 0.357. The van der Waals surface area contributed by atoms with Crippen molar-refractivity contribution in [2.75, 3.05) is 0 Å². The molecule has 1 aromatic carbocycles. The third kappa shape index (κ3) is 1.38. The monoisotopic (exact) mass is 225 g/mol. The molecule has 0 bridgehead atoms. The van der Waals surface area contributed by atoms with E-state index in [0.717, 1.165) is 35.0 Å². The van der Waals surface area contributed by atoms with Crippen LogP contribution in [-0.4, -0.2) is 4.98 Å². The van der Waals surface area contributed by atoms with Crippen LogP contribution in [0, 0.1) is 23.7 Å². The number of nitrogens with zero attached hydrogens (tertiary/aromatic N) is 1. The van der Waals surface area contributed by atoms with Crippen LogP contribution in [-0.2, 0) is 0 Å². The third-order valence-electron chi connectivity index (χ3n) is 3.86. The van der Waals surface area contributed by atoms with Gasteiger partial charge in [0.25, 0.3) is 0 Å². The Hall–Kier alpha value is -1.79. The lowest BCUT2D eigenvalue weighted by molar-refractivity contribution is 0.520. The number of aromatic amines is 1. The van der Waals surface area contributed by atoms with Crippen molar-refractivity contribution in [1.82, 2.24) is 4.98 Å². The lowest BCUT2D eigenvalue weighted by atomic mass is 9.90. The molecule has 0 spiro atoms. The molecule has 3 heteroatoms. The molecule has 1 fully saturated rings. The lowest BCUT2D eigenvalue weighted by Gasteiger charge is -2.17. The second-order valence-corrected chi connectivity index (χ2v) is 4.95. The number of hydrogen-bond donors (Lipinski definition) is 2. The molecular formula is C14H15N3. The predicted octanol–water partition coefficient (Wildman–Crippen LogP) is 2.78. The van der Waals surface area contributed by atoms with Crippen LogP contribution in [0.2, 0.25) is 0 Å². The van der Waals surface area contributed by atoms with Gasteiger partial charge >= 0.3 is 0 Å². The molecule has 1 saturated carbocycles. The predicted molar refractivity (Wildman–Crippen MR) is 67.2 cm³/mol. The number of nitriles is 1. The van der Waals surface area contributed by atoms with E-state index in [1.807, 2.05) is 25.1 Å². The smallest absolute Gasteiger partial charge is 0.0768 e. The zero-order valence-electron chi connectivity index (χ0n) is 9.83. The second kappa shape index (κ2) is 3.35. The summed E-state index contributed by atoms with van der Waals surface area (Å²) in [4.78, 5) is 3.34. The summed E-state index contributed by atoms with van der Waals surface area (Å²) in [6.45, 7) is 2.03. The summed E-state index contributed by atoms with van der Waals surface area (Å²) in [6, 6.07) is 10.3. The van der Waals surface area contributed by atoms with E-state index < -0.39 is 0 Å². The number of aryl methyl sites for hydroxylation is 1. The van der Waals surface area contributed by atoms with E-state index in [4.69, 9.17) is 5.73 Å². The van der Waals surface area contributed by atoms with Gasteiger partial charge in [-0.15, -0.1) is 0 Å². The molecule has 86 valence electrons. The van der Waals surface area contributed by atoms with Crippen LogP contribution in [0.1, 0.15) is 30.1 Å². The number of aromatic nitrogens is 1. The highest BCUT2D eigenvalue weighted by Crippen LogP contribution is 2.54. The van der Waals surface area contributed by atoms with Gasteiger partial charge in [-0.25, -0.2) is 0 Å². The van der Waals surface area contributed by atoms with Gasteiger partial charge in [0.1, 0.15) is 0 Å². The maximum absolute atomic E-state index is 9.25. The molecule has 1 atom stereocenters. The van der Waals surface area contributed by atoms with Crippen molar-refractivity contribution in [2.24, 2.45) is 11.1 Å². The SMILES string of the molecule is Cc1[nH]c2ccccc2c1C(N)C1(C#N)CC1. The number of fused-ring (bicyclic) bond motifs is 1. The molecule has 1 aromatic heterocycles. The minimum Gasteiger partial charge on any atom is -0.358 e. The highest BCUT2D eigenvalue weighted by atomic mass is 14.8. The molecule has 1 aliphatic rings. The normalized spacial score (nSPS) is 18.9. The number of benzene rings is 1. The highest BCUT2D eigenvalue weighted by molar-refractivity contribution is 5.85. The largest absolute Gasteiger partial charge is 0.358 e. The summed E-state index contributed by atoms with van der Waals surface area (Å²) in [5.41, 5.74) is 9.29. The number of rotatable bonds is 2. The number of nitrogens with two attached hydrogens (primary N) is 1. The Morgan fingerprint density at radius 1 is 1.41 bits per heavy atom. The number of hydrogen-bond acceptors (Lipinski definition) is 2. The Balaban J connectivity index is 2.18. The van der Waals surface area contributed by atoms with E-state index in [1.165, 1.54) is 0 Å². The van der Waals surface area contributed by atoms with Crippen molar-refractivity contribution in [3.05, 3.63) is 35.5 Å². The van der Waals surface area contributed by atoms with Crippen molar-refractivity contribution in [2.45, 2.75) is 25.8 Å². The fourth-order valence-corrected chi connectivity index (χ4v) is 2.60. The molecule has 2 aromatic rings. The van der Waals surface area contributed by atoms with Crippen LogP contribution in [0.5, 0.6) is 0 Å². The zero-order chi connectivity index (χ0) is 12.0. The zero-order valence-corrected chi connectivity index (χ0v) is 9.83. The van der Waals surface area contributed by atoms with Gasteiger partial charge in [-0.2, -0.15) is 5.26 Å². The van der Waals surface area contributed by atoms with Gasteiger partial charge in [0, 0.05) is 16.6 Å². The summed E-state index contributed by atoms with van der Waals surface area (Å²) in [5.74, 6) is 0. The first kappa shape index (κ1) is 10.4. The Morgan fingerprint density at radius 3 is 2.76 bits per heavy atom. The van der Waals surface area contributed by atoms with Gasteiger partial charge in [0.15, 0.2) is 0 Å². The Morgan fingerprint density at radius 2 is 2.12 bits per heavy atom. The maximum atomic E-state index is 9.25. The molecule has 3 rings (SSSR count). The van der Waals surface area contributed by atoms with Gasteiger partial charge in [-0.1, -0.05) is 18.2 Å². The van der Waals surface area contributed by atoms with Gasteiger partial charge in [-0.3, -0.25) is 0 Å². The highest BCUT2D eigenvalue weighted by Gasteiger charge is 2.50. The first-order valence-corrected chi connectivity index (χ1v) is 5.92. The fourth-order valence-electron chi connectivity index (χ4n) is 2.60. The molecule has 1 heterocycles. The Kier molecular flexibility index (Phi) is 2.04. The van der Waals surface area contributed by atoms with Crippen LogP contribution in [0.15, 0.2) is 24.3 Å². The van der Waals surface area contributed by atoms with Gasteiger partial charge in [-0.05, 0) is 31.4 Å². The molecule has 0 saturated heterocycles. The first-order valence-electron chi connectivity index (χ1n) is 5.92. The molecule has 0 radical (unpaired) electrons. The molecule has 3 nitrogen and oxygen atoms in total. The molecule has 3 N–H and O–H groups in total. The summed E-state index contributed by atoms with van der Waals surface area (Å²) in [6.07, 6.45) is 1.84. The van der Waals surface area contributed by atoms with Crippen LogP contribution in [0.4, 0.5) is 0 Å². The minimum atomic E-state index is -0.324. The van der Waals surface area contributed by atoms with Crippen LogP contribution < -0.4 is 5.73 Å². The van der Waals surface area contributed by atoms with Gasteiger partial charge in [0.05, 0.1) is 17.5 Å². The van der Waals surface area contributed by atoms with E-state index in [-0.39, 0.29) is 11.5 Å². The van der Waals surface area contributed by atoms with Gasteiger partial charge < -0.3 is 10.7 Å². The number of H-pyrrole nitrogens is 1. The lowest BCUT2D eigenvalue weighted by Crippen LogP contribution is -2.22. The minimum absolute atomic E-state index is 0.177. The number of nitrogens with one attached hydrogen (secondary N) is 1. The standard InChI is InChI=1S/C14H15N3/c1-9-12(13(16)14(8-15)6-7-14)10-4-2-3-5-11(10)17-9/h2-5,13,17H,6-7,16H2,1H3. The third-order valence-corrected chi connectivity index (χ3v) is 3.86. The van der Waals surface area contributed by atoms with E-state index in [1.54, 1.807) is 0 Å². The van der Waals surface area contributed by atoms with E-state index >= 15 is 0 Å². The molecule has 17 heavy (non-hydrogen) atoms. The van der Waals surface area contributed by atoms with Crippen molar-refractivity contribution < 1.29 is 0 Å². The molecule has 0 amide bonds. The molecular weight excluding hydrogens is 210 g/mol. The Bertz CT molecular complexity index is 614. The molecule has 1 unspecified atom stereocenters. The van der Waals surface area contributed by atoms with Crippen LogP contribution >= 0.6 is 0 Å². The Labute approximate surface area is 100 Å². The van der Waals surface area contributed by atoms with Crippen molar-refractivity contribution in [3.63, 3.8) is 0 Å². The quantitative estimate of drug-likeness (QED) is 0.825. The van der Waals surface area contributed by atoms with E-state index in [9.17, 15) is 5.26 Å². The summed E-state index contributed by atoms with van der Waals surface area (Å²) in [7, 11) is 0. The molecule has 0 aliphatic heterocycles. The topological polar surface area (TPSA) is 65.6 Å². The first-order chi connectivity index (χ1) is 8.18. The van der Waals surface area contributed by atoms with Crippen molar-refractivity contribution >= 4 is 10.9 Å². The molecule has 1 aliphatic carbocycles. The van der Waals surface area contributed by atoms with Crippen molar-refractivity contribution in [1.29, 1.82) is 5.26 Å². The van der Waals surface area contributed by atoms with Crippen LogP contribution in [0.25, 0.3) is 10.9 Å². The summed E-state index contributed by atoms with van der Waals surface area (Å²) < 4.78 is 0. The summed E-state index contributed by atoms with van der Waals surface area (Å²) >= 11 is 0. The van der Waals surface area contributed by atoms with Crippen LogP contribution in [0.3, 0.4) is 0 Å². The number of para-hydroxylation sites is 1. The average Bonchev–Trinajstić information content (AvgIpc) is 3.06. The van der Waals surface area contributed by atoms with Crippen molar-refractivity contribution in [3.8, 4) is 6.07 Å². The average molecular weight is 225 g/mol. The van der Waals surface area contributed by atoms with E-state index in [2.05, 4.69) is 17.1 Å². The summed E-state index contributed by atoms with van der Waals surface area (Å²) in [5, 5.41) is 10.4. The van der Waals surface area contributed by atoms with E-state index in [0.29, 0.717) is 0 Å². The second-order valence-electron chi connectivity index (χ2n) is 4.95.